The van der Waals surface area contributed by atoms with E-state index in [2.05, 4.69) is 27.5 Å². The number of carboxylic acids is 1. The van der Waals surface area contributed by atoms with Crippen LogP contribution in [0.15, 0.2) is 5.10 Å². The molecule has 0 rings (SSSR count). The first-order valence-corrected chi connectivity index (χ1v) is 2.67. The predicted molar refractivity (Wildman–Crippen MR) is 38.9 cm³/mol. The number of hydrazone groups is 1. The van der Waals surface area contributed by atoms with E-state index in [1.54, 1.807) is 0 Å². The molecule has 0 aromatic rings. The van der Waals surface area contributed by atoms with Crippen molar-refractivity contribution in [3.05, 3.63) is 0 Å². The van der Waals surface area contributed by atoms with E-state index in [1.165, 1.54) is 7.11 Å². The van der Waals surface area contributed by atoms with Crippen LogP contribution in [0.5, 0.6) is 0 Å². The van der Waals surface area contributed by atoms with E-state index in [-0.39, 0.29) is 5.17 Å². The van der Waals surface area contributed by atoms with Crippen LogP contribution in [0.25, 0.3) is 0 Å². The Morgan fingerprint density at radius 3 is 2.90 bits per heavy atom. The SMILES string of the molecule is COC(=S)N/N=C\C(=O)O. The van der Waals surface area contributed by atoms with Crippen LogP contribution >= 0.6 is 12.2 Å². The molecule has 56 valence electrons. The second kappa shape index (κ2) is 4.68. The van der Waals surface area contributed by atoms with Crippen molar-refractivity contribution in [1.82, 2.24) is 5.43 Å². The molecule has 0 fully saturated rings. The maximum absolute atomic E-state index is 9.80. The summed E-state index contributed by atoms with van der Waals surface area (Å²) in [6, 6.07) is 0. The number of aliphatic carboxylic acids is 1. The summed E-state index contributed by atoms with van der Waals surface area (Å²) in [7, 11) is 1.35. The van der Waals surface area contributed by atoms with Crippen molar-refractivity contribution >= 4 is 29.6 Å². The topological polar surface area (TPSA) is 70.9 Å². The number of methoxy groups -OCH3 is 1. The van der Waals surface area contributed by atoms with E-state index < -0.39 is 5.97 Å². The third-order valence-corrected chi connectivity index (χ3v) is 0.774. The van der Waals surface area contributed by atoms with E-state index >= 15 is 0 Å². The average molecular weight is 162 g/mol. The lowest BCUT2D eigenvalue weighted by Gasteiger charge is -1.96. The molecule has 0 spiro atoms. The van der Waals surface area contributed by atoms with E-state index in [0.717, 1.165) is 0 Å². The Morgan fingerprint density at radius 1 is 1.90 bits per heavy atom. The standard InChI is InChI=1S/C4H6N2O3S/c1-9-4(10)6-5-2-3(7)8/h2H,1H3,(H,6,10)(H,7,8)/b5-2-. The highest BCUT2D eigenvalue weighted by Crippen LogP contribution is 1.70. The van der Waals surface area contributed by atoms with Gasteiger partial charge in [0.2, 0.25) is 0 Å². The summed E-state index contributed by atoms with van der Waals surface area (Å²) >= 11 is 4.47. The minimum Gasteiger partial charge on any atom is -0.477 e. The number of carboxylic acid groups (broad SMARTS) is 1. The molecule has 0 atom stereocenters. The van der Waals surface area contributed by atoms with Crippen LogP contribution in [-0.4, -0.2) is 29.6 Å². The van der Waals surface area contributed by atoms with Gasteiger partial charge in [-0.25, -0.2) is 10.2 Å². The molecule has 5 nitrogen and oxygen atoms in total. The fourth-order valence-electron chi connectivity index (χ4n) is 0.186. The van der Waals surface area contributed by atoms with E-state index in [0.29, 0.717) is 6.21 Å². The van der Waals surface area contributed by atoms with Crippen LogP contribution in [0, 0.1) is 0 Å². The number of nitrogens with one attached hydrogen (secondary N) is 1. The second-order valence-electron chi connectivity index (χ2n) is 1.20. The first-order chi connectivity index (χ1) is 4.66. The first kappa shape index (κ1) is 8.83. The minimum atomic E-state index is -1.15. The van der Waals surface area contributed by atoms with Gasteiger partial charge in [0.1, 0.15) is 6.21 Å². The van der Waals surface area contributed by atoms with Gasteiger partial charge in [0.05, 0.1) is 7.11 Å². The zero-order chi connectivity index (χ0) is 7.98. The molecule has 0 unspecified atom stereocenters. The van der Waals surface area contributed by atoms with Gasteiger partial charge < -0.3 is 9.84 Å². The van der Waals surface area contributed by atoms with Crippen LogP contribution < -0.4 is 5.43 Å². The summed E-state index contributed by atoms with van der Waals surface area (Å²) in [4.78, 5) is 9.80. The fourth-order valence-corrected chi connectivity index (χ4v) is 0.239. The van der Waals surface area contributed by atoms with Gasteiger partial charge in [0.25, 0.3) is 5.17 Å². The van der Waals surface area contributed by atoms with Crippen molar-refractivity contribution in [2.75, 3.05) is 7.11 Å². The molecule has 10 heavy (non-hydrogen) atoms. The molecule has 0 heterocycles. The summed E-state index contributed by atoms with van der Waals surface area (Å²) < 4.78 is 4.45. The Bertz CT molecular complexity index is 168. The summed E-state index contributed by atoms with van der Waals surface area (Å²) in [5.41, 5.74) is 2.16. The third-order valence-electron chi connectivity index (χ3n) is 0.516. The maximum atomic E-state index is 9.80. The lowest BCUT2D eigenvalue weighted by atomic mass is 10.8. The highest BCUT2D eigenvalue weighted by Gasteiger charge is 1.88. The summed E-state index contributed by atoms with van der Waals surface area (Å²) in [5.74, 6) is -1.15. The molecule has 2 N–H and O–H groups in total. The number of thiocarbonyl (C=S) groups is 1. The van der Waals surface area contributed by atoms with E-state index in [9.17, 15) is 4.79 Å². The Labute approximate surface area is 62.7 Å². The number of hydrogen-bond acceptors (Lipinski definition) is 4. The summed E-state index contributed by atoms with van der Waals surface area (Å²) in [6.45, 7) is 0. The van der Waals surface area contributed by atoms with E-state index in [1.807, 2.05) is 0 Å². The van der Waals surface area contributed by atoms with E-state index in [4.69, 9.17) is 5.11 Å². The molecule has 0 aliphatic rings. The molecular weight excluding hydrogens is 156 g/mol. The third kappa shape index (κ3) is 4.98. The molecule has 0 bridgehead atoms. The first-order valence-electron chi connectivity index (χ1n) is 2.26. The van der Waals surface area contributed by atoms with Gasteiger partial charge in [0, 0.05) is 0 Å². The monoisotopic (exact) mass is 162 g/mol. The summed E-state index contributed by atoms with van der Waals surface area (Å²) in [5, 5.41) is 11.3. The molecule has 0 saturated carbocycles. The van der Waals surface area contributed by atoms with Crippen molar-refractivity contribution in [2.24, 2.45) is 5.10 Å². The molecule has 0 aromatic carbocycles. The Hall–Kier alpha value is -1.17. The van der Waals surface area contributed by atoms with Crippen LogP contribution in [0.2, 0.25) is 0 Å². The molecule has 0 radical (unpaired) electrons. The van der Waals surface area contributed by atoms with Crippen LogP contribution in [-0.2, 0) is 9.53 Å². The largest absolute Gasteiger partial charge is 0.477 e. The smallest absolute Gasteiger partial charge is 0.348 e. The van der Waals surface area contributed by atoms with Crippen molar-refractivity contribution in [1.29, 1.82) is 0 Å². The molecule has 0 aliphatic carbocycles. The van der Waals surface area contributed by atoms with Gasteiger partial charge in [0.15, 0.2) is 0 Å². The zero-order valence-electron chi connectivity index (χ0n) is 5.20. The van der Waals surface area contributed by atoms with Crippen LogP contribution in [0.1, 0.15) is 0 Å². The predicted octanol–water partition coefficient (Wildman–Crippen LogP) is -0.422. The average Bonchev–Trinajstić information content (AvgIpc) is 1.87. The van der Waals surface area contributed by atoms with Crippen molar-refractivity contribution in [3.8, 4) is 0 Å². The van der Waals surface area contributed by atoms with Gasteiger partial charge >= 0.3 is 5.97 Å². The van der Waals surface area contributed by atoms with Crippen molar-refractivity contribution < 1.29 is 14.6 Å². The maximum Gasteiger partial charge on any atom is 0.348 e. The fraction of sp³-hybridized carbons (Fsp3) is 0.250. The van der Waals surface area contributed by atoms with Gasteiger partial charge in [-0.05, 0) is 12.2 Å². The number of hydrogen-bond donors (Lipinski definition) is 2. The van der Waals surface area contributed by atoms with Gasteiger partial charge in [-0.1, -0.05) is 0 Å². The summed E-state index contributed by atoms with van der Waals surface area (Å²) in [6.07, 6.45) is 0.672. The zero-order valence-corrected chi connectivity index (χ0v) is 6.01. The molecule has 0 amide bonds. The highest BCUT2D eigenvalue weighted by molar-refractivity contribution is 7.80. The Balaban J connectivity index is 3.53. The number of nitrogens with zero attached hydrogens (tertiary/aromatic N) is 1. The van der Waals surface area contributed by atoms with Crippen molar-refractivity contribution in [2.45, 2.75) is 0 Å². The second-order valence-corrected chi connectivity index (χ2v) is 1.57. The van der Waals surface area contributed by atoms with Gasteiger partial charge in [-0.15, -0.1) is 0 Å². The number of rotatable bonds is 2. The van der Waals surface area contributed by atoms with Crippen LogP contribution in [0.3, 0.4) is 0 Å². The Kier molecular flexibility index (Phi) is 4.14. The number of ether oxygens (including phenoxy) is 1. The number of carbonyl (C=O) groups is 1. The lowest BCUT2D eigenvalue weighted by molar-refractivity contribution is -0.128. The molecular formula is C4H6N2O3S. The molecule has 6 heteroatoms. The van der Waals surface area contributed by atoms with Crippen molar-refractivity contribution in [3.63, 3.8) is 0 Å². The minimum absolute atomic E-state index is 0.0255. The van der Waals surface area contributed by atoms with Gasteiger partial charge in [-0.3, -0.25) is 0 Å². The molecule has 0 saturated heterocycles. The molecule has 0 aliphatic heterocycles. The molecule has 0 aromatic heterocycles. The van der Waals surface area contributed by atoms with Crippen LogP contribution in [0.4, 0.5) is 0 Å². The Morgan fingerprint density at radius 2 is 2.50 bits per heavy atom. The highest BCUT2D eigenvalue weighted by atomic mass is 32.1. The van der Waals surface area contributed by atoms with Gasteiger partial charge in [-0.2, -0.15) is 5.10 Å². The quantitative estimate of drug-likeness (QED) is 0.328. The lowest BCUT2D eigenvalue weighted by Crippen LogP contribution is -2.17. The normalized spacial score (nSPS) is 9.30.